The summed E-state index contributed by atoms with van der Waals surface area (Å²) in [6, 6.07) is 9.08. The number of methoxy groups -OCH3 is 1. The van der Waals surface area contributed by atoms with Gasteiger partial charge in [-0.2, -0.15) is 0 Å². The Labute approximate surface area is 164 Å². The van der Waals surface area contributed by atoms with E-state index in [0.717, 1.165) is 28.1 Å². The van der Waals surface area contributed by atoms with Gasteiger partial charge in [0, 0.05) is 32.0 Å². The van der Waals surface area contributed by atoms with Crippen LogP contribution in [-0.2, 0) is 0 Å². The van der Waals surface area contributed by atoms with Gasteiger partial charge in [0.2, 0.25) is 0 Å². The van der Waals surface area contributed by atoms with Crippen LogP contribution >= 0.6 is 11.3 Å². The van der Waals surface area contributed by atoms with Crippen molar-refractivity contribution in [2.45, 2.75) is 18.9 Å². The van der Waals surface area contributed by atoms with Crippen LogP contribution in [0.25, 0.3) is 10.2 Å². The number of aromatic nitrogens is 1. The molecule has 0 aliphatic carbocycles. The minimum atomic E-state index is -0.840. The van der Waals surface area contributed by atoms with Crippen molar-refractivity contribution in [1.29, 1.82) is 0 Å². The number of rotatable bonds is 4. The number of piperidine rings is 1. The average molecular weight is 404 g/mol. The van der Waals surface area contributed by atoms with Crippen LogP contribution in [0.3, 0.4) is 0 Å². The van der Waals surface area contributed by atoms with Crippen molar-refractivity contribution in [1.82, 2.24) is 9.88 Å². The Balaban J connectivity index is 1.40. The third-order valence-electron chi connectivity index (χ3n) is 4.75. The second kappa shape index (κ2) is 7.71. The number of hydrogen-bond acceptors (Lipinski definition) is 5. The first kappa shape index (κ1) is 18.6. The number of nitrogens with zero attached hydrogens (tertiary/aromatic N) is 2. The first-order chi connectivity index (χ1) is 13.5. The summed E-state index contributed by atoms with van der Waals surface area (Å²) in [5, 5.41) is 0.563. The second-order valence-corrected chi connectivity index (χ2v) is 7.51. The molecule has 0 unspecified atom stereocenters. The van der Waals surface area contributed by atoms with Crippen molar-refractivity contribution in [3.05, 3.63) is 53.6 Å². The number of amides is 1. The average Bonchev–Trinajstić information content (AvgIpc) is 3.09. The van der Waals surface area contributed by atoms with Crippen LogP contribution in [0.1, 0.15) is 23.2 Å². The number of fused-ring (bicyclic) bond motifs is 1. The third-order valence-corrected chi connectivity index (χ3v) is 5.68. The summed E-state index contributed by atoms with van der Waals surface area (Å²) < 4.78 is 39.9. The third kappa shape index (κ3) is 3.64. The summed E-state index contributed by atoms with van der Waals surface area (Å²) >= 11 is 1.45. The Hall–Kier alpha value is -2.74. The van der Waals surface area contributed by atoms with Gasteiger partial charge < -0.3 is 14.4 Å². The number of ether oxygens (including phenoxy) is 2. The van der Waals surface area contributed by atoms with Crippen molar-refractivity contribution in [3.8, 4) is 10.9 Å². The number of carbonyl (C=O) groups excluding carboxylic acids is 1. The fraction of sp³-hybridized carbons (Fsp3) is 0.300. The summed E-state index contributed by atoms with van der Waals surface area (Å²) in [5.41, 5.74) is 0.309. The molecule has 2 heterocycles. The van der Waals surface area contributed by atoms with Gasteiger partial charge in [0.15, 0.2) is 0 Å². The van der Waals surface area contributed by atoms with Gasteiger partial charge in [-0.1, -0.05) is 17.4 Å². The van der Waals surface area contributed by atoms with Gasteiger partial charge in [-0.15, -0.1) is 0 Å². The molecular weight excluding hydrogens is 386 g/mol. The van der Waals surface area contributed by atoms with Crippen LogP contribution in [-0.4, -0.2) is 42.1 Å². The molecule has 8 heteroatoms. The van der Waals surface area contributed by atoms with Gasteiger partial charge in [-0.05, 0) is 24.3 Å². The lowest BCUT2D eigenvalue weighted by molar-refractivity contribution is 0.0587. The molecule has 0 spiro atoms. The fourth-order valence-electron chi connectivity index (χ4n) is 3.24. The fourth-order valence-corrected chi connectivity index (χ4v) is 4.10. The standard InChI is InChI=1S/C20H18F2N2O3S/c1-26-13-5-6-17-16(11-13)23-20(28-17)27-12-7-9-24(10-8-12)19(25)18-14(21)3-2-4-15(18)22/h2-6,11-12H,7-10H2,1H3. The molecule has 2 aromatic carbocycles. The Morgan fingerprint density at radius 2 is 1.89 bits per heavy atom. The predicted molar refractivity (Wildman–Crippen MR) is 102 cm³/mol. The maximum Gasteiger partial charge on any atom is 0.274 e. The Morgan fingerprint density at radius 3 is 2.57 bits per heavy atom. The molecule has 146 valence electrons. The van der Waals surface area contributed by atoms with Crippen molar-refractivity contribution < 1.29 is 23.0 Å². The van der Waals surface area contributed by atoms with E-state index < -0.39 is 23.1 Å². The molecule has 0 N–H and O–H groups in total. The topological polar surface area (TPSA) is 51.7 Å². The zero-order chi connectivity index (χ0) is 19.7. The summed E-state index contributed by atoms with van der Waals surface area (Å²) in [6.45, 7) is 0.742. The van der Waals surface area contributed by atoms with Gasteiger partial charge >= 0.3 is 0 Å². The maximum absolute atomic E-state index is 13.8. The number of likely N-dealkylation sites (tertiary alicyclic amines) is 1. The van der Waals surface area contributed by atoms with E-state index >= 15 is 0 Å². The van der Waals surface area contributed by atoms with E-state index in [2.05, 4.69) is 4.98 Å². The first-order valence-corrected chi connectivity index (χ1v) is 9.71. The van der Waals surface area contributed by atoms with E-state index in [9.17, 15) is 13.6 Å². The molecule has 4 rings (SSSR count). The molecule has 1 aliphatic rings. The van der Waals surface area contributed by atoms with Gasteiger partial charge in [-0.3, -0.25) is 4.79 Å². The largest absolute Gasteiger partial charge is 0.497 e. The normalized spacial score (nSPS) is 15.0. The highest BCUT2D eigenvalue weighted by atomic mass is 32.1. The molecule has 0 atom stereocenters. The second-order valence-electron chi connectivity index (χ2n) is 6.52. The summed E-state index contributed by atoms with van der Waals surface area (Å²) in [4.78, 5) is 18.4. The molecule has 0 saturated carbocycles. The summed E-state index contributed by atoms with van der Waals surface area (Å²) in [6.07, 6.45) is 1.04. The highest BCUT2D eigenvalue weighted by Gasteiger charge is 2.28. The molecule has 28 heavy (non-hydrogen) atoms. The zero-order valence-corrected chi connectivity index (χ0v) is 16.0. The molecule has 1 saturated heterocycles. The number of benzene rings is 2. The lowest BCUT2D eigenvalue weighted by Gasteiger charge is -2.31. The summed E-state index contributed by atoms with van der Waals surface area (Å²) in [7, 11) is 1.60. The molecule has 0 radical (unpaired) electrons. The Bertz CT molecular complexity index is 996. The number of thiazole rings is 1. The monoisotopic (exact) mass is 404 g/mol. The highest BCUT2D eigenvalue weighted by Crippen LogP contribution is 2.32. The SMILES string of the molecule is COc1ccc2sc(OC3CCN(C(=O)c4c(F)cccc4F)CC3)nc2c1. The lowest BCUT2D eigenvalue weighted by atomic mass is 10.1. The lowest BCUT2D eigenvalue weighted by Crippen LogP contribution is -2.42. The quantitative estimate of drug-likeness (QED) is 0.652. The Kier molecular flexibility index (Phi) is 5.13. The van der Waals surface area contributed by atoms with Gasteiger partial charge in [0.05, 0.1) is 17.3 Å². The minimum Gasteiger partial charge on any atom is -0.497 e. The van der Waals surface area contributed by atoms with Crippen LogP contribution in [0.15, 0.2) is 36.4 Å². The van der Waals surface area contributed by atoms with Crippen molar-refractivity contribution in [2.75, 3.05) is 20.2 Å². The molecule has 1 aliphatic heterocycles. The van der Waals surface area contributed by atoms with E-state index in [-0.39, 0.29) is 6.10 Å². The van der Waals surface area contributed by atoms with Crippen molar-refractivity contribution >= 4 is 27.5 Å². The van der Waals surface area contributed by atoms with Gasteiger partial charge in [0.25, 0.3) is 11.1 Å². The molecule has 1 fully saturated rings. The number of carbonyl (C=O) groups is 1. The molecule has 3 aromatic rings. The van der Waals surface area contributed by atoms with Gasteiger partial charge in [0.1, 0.15) is 29.1 Å². The Morgan fingerprint density at radius 1 is 1.18 bits per heavy atom. The van der Waals surface area contributed by atoms with E-state index in [1.54, 1.807) is 7.11 Å². The number of halogens is 2. The molecule has 5 nitrogen and oxygen atoms in total. The predicted octanol–water partition coefficient (Wildman–Crippen LogP) is 4.27. The van der Waals surface area contributed by atoms with Crippen LogP contribution in [0.5, 0.6) is 10.9 Å². The molecule has 1 amide bonds. The molecular formula is C20H18F2N2O3S. The minimum absolute atomic E-state index is 0.100. The van der Waals surface area contributed by atoms with E-state index in [1.165, 1.54) is 22.3 Å². The van der Waals surface area contributed by atoms with Crippen LogP contribution < -0.4 is 9.47 Å². The zero-order valence-electron chi connectivity index (χ0n) is 15.2. The van der Waals surface area contributed by atoms with E-state index in [1.807, 2.05) is 18.2 Å². The maximum atomic E-state index is 13.8. The molecule has 1 aromatic heterocycles. The van der Waals surface area contributed by atoms with Crippen LogP contribution in [0.2, 0.25) is 0 Å². The number of hydrogen-bond donors (Lipinski definition) is 0. The smallest absolute Gasteiger partial charge is 0.274 e. The highest BCUT2D eigenvalue weighted by molar-refractivity contribution is 7.20. The molecule has 0 bridgehead atoms. The van der Waals surface area contributed by atoms with Crippen LogP contribution in [0.4, 0.5) is 8.78 Å². The first-order valence-electron chi connectivity index (χ1n) is 8.89. The van der Waals surface area contributed by atoms with E-state index in [0.29, 0.717) is 31.1 Å². The van der Waals surface area contributed by atoms with Crippen molar-refractivity contribution in [2.24, 2.45) is 0 Å². The van der Waals surface area contributed by atoms with Gasteiger partial charge in [-0.25, -0.2) is 13.8 Å². The summed E-state index contributed by atoms with van der Waals surface area (Å²) in [5.74, 6) is -1.57. The van der Waals surface area contributed by atoms with Crippen molar-refractivity contribution in [3.63, 3.8) is 0 Å². The van der Waals surface area contributed by atoms with E-state index in [4.69, 9.17) is 9.47 Å². The van der Waals surface area contributed by atoms with Crippen LogP contribution in [0, 0.1) is 11.6 Å².